The SMILES string of the molecule is CNC(=O)[C@@H]1CN(S(=O)(=O)c2ccc(F)cc2)[C@H]2CCO[C@@H]12. The first kappa shape index (κ1) is 15.4. The Morgan fingerprint density at radius 2 is 2.05 bits per heavy atom. The van der Waals surface area contributed by atoms with Crippen molar-refractivity contribution in [1.82, 2.24) is 9.62 Å². The lowest BCUT2D eigenvalue weighted by Gasteiger charge is -2.21. The van der Waals surface area contributed by atoms with Crippen LogP contribution in [-0.2, 0) is 19.6 Å². The van der Waals surface area contributed by atoms with Gasteiger partial charge < -0.3 is 10.1 Å². The molecule has 1 N–H and O–H groups in total. The third-order valence-electron chi connectivity index (χ3n) is 4.25. The summed E-state index contributed by atoms with van der Waals surface area (Å²) in [4.78, 5) is 12.0. The van der Waals surface area contributed by atoms with Gasteiger partial charge in [0.15, 0.2) is 0 Å². The van der Waals surface area contributed by atoms with Crippen LogP contribution in [-0.4, -0.2) is 51.0 Å². The molecule has 2 aliphatic heterocycles. The van der Waals surface area contributed by atoms with Crippen molar-refractivity contribution in [3.63, 3.8) is 0 Å². The van der Waals surface area contributed by atoms with E-state index in [2.05, 4.69) is 5.32 Å². The fourth-order valence-corrected chi connectivity index (χ4v) is 4.85. The molecule has 2 fully saturated rings. The molecule has 6 nitrogen and oxygen atoms in total. The van der Waals surface area contributed by atoms with Crippen LogP contribution in [0.3, 0.4) is 0 Å². The van der Waals surface area contributed by atoms with Crippen molar-refractivity contribution in [2.24, 2.45) is 5.92 Å². The number of halogens is 1. The molecule has 0 bridgehead atoms. The molecule has 2 aliphatic rings. The number of amides is 1. The second kappa shape index (κ2) is 5.60. The zero-order chi connectivity index (χ0) is 15.9. The van der Waals surface area contributed by atoms with E-state index in [0.29, 0.717) is 13.0 Å². The standard InChI is InChI=1S/C14H17FN2O4S/c1-16-14(18)11-8-17(12-6-7-21-13(11)12)22(19,20)10-4-2-9(15)3-5-10/h2-5,11-13H,6-8H2,1H3,(H,16,18)/t11-,12+,13+/m1/s1. The number of ether oxygens (including phenoxy) is 1. The molecule has 1 aromatic rings. The first-order valence-electron chi connectivity index (χ1n) is 7.06. The summed E-state index contributed by atoms with van der Waals surface area (Å²) in [6, 6.07) is 4.35. The number of hydrogen-bond acceptors (Lipinski definition) is 4. The van der Waals surface area contributed by atoms with Crippen molar-refractivity contribution in [3.05, 3.63) is 30.1 Å². The molecule has 2 heterocycles. The molecule has 0 saturated carbocycles. The van der Waals surface area contributed by atoms with E-state index in [1.165, 1.54) is 23.5 Å². The van der Waals surface area contributed by atoms with Gasteiger partial charge in [0, 0.05) is 20.2 Å². The van der Waals surface area contributed by atoms with Crippen LogP contribution in [0.1, 0.15) is 6.42 Å². The lowest BCUT2D eigenvalue weighted by Crippen LogP contribution is -2.37. The Balaban J connectivity index is 1.93. The minimum Gasteiger partial charge on any atom is -0.376 e. The molecule has 22 heavy (non-hydrogen) atoms. The molecule has 3 rings (SSSR count). The van der Waals surface area contributed by atoms with Crippen LogP contribution in [0.2, 0.25) is 0 Å². The maximum absolute atomic E-state index is 13.0. The van der Waals surface area contributed by atoms with Gasteiger partial charge in [-0.15, -0.1) is 0 Å². The highest BCUT2D eigenvalue weighted by Gasteiger charge is 2.52. The largest absolute Gasteiger partial charge is 0.376 e. The Labute approximate surface area is 128 Å². The molecule has 0 radical (unpaired) electrons. The lowest BCUT2D eigenvalue weighted by atomic mass is 10.0. The molecular formula is C14H17FN2O4S. The number of sulfonamides is 1. The van der Waals surface area contributed by atoms with Crippen LogP contribution in [0, 0.1) is 11.7 Å². The summed E-state index contributed by atoms with van der Waals surface area (Å²) in [6.45, 7) is 0.507. The van der Waals surface area contributed by atoms with Gasteiger partial charge in [0.1, 0.15) is 5.82 Å². The van der Waals surface area contributed by atoms with Gasteiger partial charge in [0.2, 0.25) is 15.9 Å². The van der Waals surface area contributed by atoms with E-state index in [1.54, 1.807) is 0 Å². The van der Waals surface area contributed by atoms with Crippen molar-refractivity contribution in [3.8, 4) is 0 Å². The highest BCUT2D eigenvalue weighted by atomic mass is 32.2. The number of nitrogens with one attached hydrogen (secondary N) is 1. The molecule has 1 amide bonds. The molecule has 120 valence electrons. The van der Waals surface area contributed by atoms with Crippen LogP contribution >= 0.6 is 0 Å². The predicted octanol–water partition coefficient (Wildman–Crippen LogP) is 0.350. The molecule has 1 aromatic carbocycles. The second-order valence-electron chi connectivity index (χ2n) is 5.44. The topological polar surface area (TPSA) is 75.7 Å². The van der Waals surface area contributed by atoms with E-state index in [9.17, 15) is 17.6 Å². The van der Waals surface area contributed by atoms with E-state index < -0.39 is 27.9 Å². The number of benzene rings is 1. The summed E-state index contributed by atoms with van der Waals surface area (Å²) in [5.41, 5.74) is 0. The fourth-order valence-electron chi connectivity index (χ4n) is 3.16. The van der Waals surface area contributed by atoms with E-state index in [4.69, 9.17) is 4.74 Å². The summed E-state index contributed by atoms with van der Waals surface area (Å²) in [7, 11) is -2.26. The maximum Gasteiger partial charge on any atom is 0.243 e. The van der Waals surface area contributed by atoms with Crippen molar-refractivity contribution < 1.29 is 22.3 Å². The van der Waals surface area contributed by atoms with Crippen LogP contribution in [0.25, 0.3) is 0 Å². The number of fused-ring (bicyclic) bond motifs is 1. The van der Waals surface area contributed by atoms with Gasteiger partial charge in [-0.1, -0.05) is 0 Å². The van der Waals surface area contributed by atoms with Gasteiger partial charge in [-0.2, -0.15) is 4.31 Å². The molecule has 0 aliphatic carbocycles. The fraction of sp³-hybridized carbons (Fsp3) is 0.500. The molecule has 8 heteroatoms. The number of rotatable bonds is 3. The Morgan fingerprint density at radius 1 is 1.36 bits per heavy atom. The van der Waals surface area contributed by atoms with Gasteiger partial charge in [-0.05, 0) is 30.7 Å². The van der Waals surface area contributed by atoms with E-state index in [-0.39, 0.29) is 23.4 Å². The smallest absolute Gasteiger partial charge is 0.243 e. The minimum absolute atomic E-state index is 0.0251. The number of carbonyl (C=O) groups is 1. The highest BCUT2D eigenvalue weighted by molar-refractivity contribution is 7.89. The van der Waals surface area contributed by atoms with Crippen molar-refractivity contribution in [1.29, 1.82) is 0 Å². The second-order valence-corrected chi connectivity index (χ2v) is 7.33. The number of hydrogen-bond donors (Lipinski definition) is 1. The highest BCUT2D eigenvalue weighted by Crippen LogP contribution is 2.37. The average Bonchev–Trinajstić information content (AvgIpc) is 3.08. The first-order chi connectivity index (χ1) is 10.4. The molecule has 0 spiro atoms. The van der Waals surface area contributed by atoms with Crippen molar-refractivity contribution in [2.75, 3.05) is 20.2 Å². The molecule has 2 saturated heterocycles. The van der Waals surface area contributed by atoms with Gasteiger partial charge in [0.25, 0.3) is 0 Å². The Bertz CT molecular complexity index is 677. The summed E-state index contributed by atoms with van der Waals surface area (Å²) in [6.07, 6.45) is 0.133. The summed E-state index contributed by atoms with van der Waals surface area (Å²) >= 11 is 0. The summed E-state index contributed by atoms with van der Waals surface area (Å²) < 4.78 is 45.4. The van der Waals surface area contributed by atoms with Gasteiger partial charge in [0.05, 0.1) is 23.0 Å². The molecule has 0 aromatic heterocycles. The first-order valence-corrected chi connectivity index (χ1v) is 8.50. The predicted molar refractivity (Wildman–Crippen MR) is 76.0 cm³/mol. The number of carbonyl (C=O) groups excluding carboxylic acids is 1. The average molecular weight is 328 g/mol. The summed E-state index contributed by atoms with van der Waals surface area (Å²) in [5.74, 6) is -1.24. The maximum atomic E-state index is 13.0. The Hall–Kier alpha value is -1.51. The Kier molecular flexibility index (Phi) is 3.92. The van der Waals surface area contributed by atoms with Crippen molar-refractivity contribution in [2.45, 2.75) is 23.5 Å². The normalized spacial score (nSPS) is 28.5. The molecule has 0 unspecified atom stereocenters. The monoisotopic (exact) mass is 328 g/mol. The van der Waals surface area contributed by atoms with Crippen LogP contribution < -0.4 is 5.32 Å². The molecule has 3 atom stereocenters. The van der Waals surface area contributed by atoms with Crippen LogP contribution in [0.15, 0.2) is 29.2 Å². The third kappa shape index (κ3) is 2.41. The number of nitrogens with zero attached hydrogens (tertiary/aromatic N) is 1. The minimum atomic E-state index is -3.78. The summed E-state index contributed by atoms with van der Waals surface area (Å²) in [5, 5.41) is 2.55. The van der Waals surface area contributed by atoms with Crippen LogP contribution in [0.5, 0.6) is 0 Å². The van der Waals surface area contributed by atoms with Crippen LogP contribution in [0.4, 0.5) is 4.39 Å². The zero-order valence-electron chi connectivity index (χ0n) is 12.0. The van der Waals surface area contributed by atoms with E-state index >= 15 is 0 Å². The van der Waals surface area contributed by atoms with Crippen molar-refractivity contribution >= 4 is 15.9 Å². The van der Waals surface area contributed by atoms with Gasteiger partial charge >= 0.3 is 0 Å². The third-order valence-corrected chi connectivity index (χ3v) is 6.15. The van der Waals surface area contributed by atoms with Gasteiger partial charge in [-0.3, -0.25) is 4.79 Å². The van der Waals surface area contributed by atoms with E-state index in [1.807, 2.05) is 0 Å². The van der Waals surface area contributed by atoms with Gasteiger partial charge in [-0.25, -0.2) is 12.8 Å². The molecular weight excluding hydrogens is 311 g/mol. The lowest BCUT2D eigenvalue weighted by molar-refractivity contribution is -0.127. The quantitative estimate of drug-likeness (QED) is 0.869. The van der Waals surface area contributed by atoms with E-state index in [0.717, 1.165) is 12.1 Å². The Morgan fingerprint density at radius 3 is 2.68 bits per heavy atom. The zero-order valence-corrected chi connectivity index (χ0v) is 12.8.